The van der Waals surface area contributed by atoms with Crippen LogP contribution in [0.5, 0.6) is 0 Å². The quantitative estimate of drug-likeness (QED) is 0.429. The van der Waals surface area contributed by atoms with Crippen molar-refractivity contribution in [2.45, 2.75) is 115 Å². The molecule has 1 N–H and O–H groups in total. The minimum Gasteiger partial charge on any atom is -0.392 e. The van der Waals surface area contributed by atoms with Crippen LogP contribution in [-0.2, 0) is 12.8 Å². The van der Waals surface area contributed by atoms with Crippen LogP contribution in [0, 0.1) is 17.8 Å². The summed E-state index contributed by atoms with van der Waals surface area (Å²) in [5.74, 6) is 2.09. The lowest BCUT2D eigenvalue weighted by molar-refractivity contribution is -0.137. The second-order valence-corrected chi connectivity index (χ2v) is 11.5. The number of aliphatic hydroxyl groups excluding tert-OH is 1. The molecule has 0 aromatic heterocycles. The van der Waals surface area contributed by atoms with Gasteiger partial charge < -0.3 is 5.11 Å². The molecule has 2 nitrogen and oxygen atoms in total. The number of nitrogens with zero attached hydrogens (tertiary/aromatic N) is 1. The molecule has 3 fully saturated rings. The van der Waals surface area contributed by atoms with Crippen molar-refractivity contribution in [2.24, 2.45) is 17.8 Å². The Hall–Kier alpha value is -1.07. The van der Waals surface area contributed by atoms with Gasteiger partial charge in [-0.2, -0.15) is 13.2 Å². The van der Waals surface area contributed by atoms with E-state index < -0.39 is 11.7 Å². The van der Waals surface area contributed by atoms with Gasteiger partial charge in [0.15, 0.2) is 0 Å². The van der Waals surface area contributed by atoms with Crippen LogP contribution in [-0.4, -0.2) is 29.1 Å². The summed E-state index contributed by atoms with van der Waals surface area (Å²) in [7, 11) is 0. The fourth-order valence-corrected chi connectivity index (χ4v) is 7.30. The van der Waals surface area contributed by atoms with Gasteiger partial charge in [-0.3, -0.25) is 4.90 Å². The van der Waals surface area contributed by atoms with E-state index in [4.69, 9.17) is 0 Å². The molecule has 4 rings (SSSR count). The van der Waals surface area contributed by atoms with E-state index in [9.17, 15) is 18.3 Å². The first kappa shape index (κ1) is 26.0. The van der Waals surface area contributed by atoms with E-state index in [1.807, 2.05) is 0 Å². The zero-order valence-electron chi connectivity index (χ0n) is 21.0. The van der Waals surface area contributed by atoms with Crippen LogP contribution >= 0.6 is 0 Å². The summed E-state index contributed by atoms with van der Waals surface area (Å²) in [6.07, 6.45) is 12.3. The largest absolute Gasteiger partial charge is 0.416 e. The Labute approximate surface area is 204 Å². The van der Waals surface area contributed by atoms with Crippen LogP contribution in [0.15, 0.2) is 18.2 Å². The van der Waals surface area contributed by atoms with Crippen LogP contribution in [0.3, 0.4) is 0 Å². The normalized spacial score (nSPS) is 27.9. The molecule has 192 valence electrons. The molecular formula is C29H44F3NO. The molecule has 5 heteroatoms. The van der Waals surface area contributed by atoms with Crippen molar-refractivity contribution in [1.29, 1.82) is 0 Å². The number of aliphatic hydroxyl groups is 1. The van der Waals surface area contributed by atoms with E-state index in [0.717, 1.165) is 43.3 Å². The van der Waals surface area contributed by atoms with E-state index in [1.54, 1.807) is 6.07 Å². The summed E-state index contributed by atoms with van der Waals surface area (Å²) in [6, 6.07) is 4.47. The van der Waals surface area contributed by atoms with Crippen LogP contribution in [0.4, 0.5) is 13.2 Å². The molecular weight excluding hydrogens is 435 g/mol. The van der Waals surface area contributed by atoms with Gasteiger partial charge >= 0.3 is 6.18 Å². The lowest BCUT2D eigenvalue weighted by Crippen LogP contribution is -2.48. The van der Waals surface area contributed by atoms with Crippen molar-refractivity contribution in [3.63, 3.8) is 0 Å². The summed E-state index contributed by atoms with van der Waals surface area (Å²) in [6.45, 7) is 4.22. The van der Waals surface area contributed by atoms with Gasteiger partial charge in [-0.1, -0.05) is 64.4 Å². The van der Waals surface area contributed by atoms with E-state index in [0.29, 0.717) is 17.5 Å². The molecule has 0 spiro atoms. The number of hydrogen-bond acceptors (Lipinski definition) is 2. The standard InChI is InChI=1S/C29H44F3NO/c1-21-9-8-14-27(28(21)26-16-15-25(29(30,31)32)17-24(26)20-34)33(18-22-10-4-2-5-11-22)19-23-12-6-3-7-13-23/h15-17,21-23,27-28,34H,2-14,18-20H2,1H3/t21-,27+,28-/m0/s1. The fourth-order valence-electron chi connectivity index (χ4n) is 7.30. The summed E-state index contributed by atoms with van der Waals surface area (Å²) < 4.78 is 40.2. The van der Waals surface area contributed by atoms with E-state index in [2.05, 4.69) is 11.8 Å². The van der Waals surface area contributed by atoms with Gasteiger partial charge in [0.05, 0.1) is 12.2 Å². The first-order valence-corrected chi connectivity index (χ1v) is 13.9. The molecule has 0 unspecified atom stereocenters. The molecule has 3 saturated carbocycles. The Morgan fingerprint density at radius 1 is 0.824 bits per heavy atom. The van der Waals surface area contributed by atoms with Crippen molar-refractivity contribution in [2.75, 3.05) is 13.1 Å². The van der Waals surface area contributed by atoms with Crippen LogP contribution < -0.4 is 0 Å². The number of hydrogen-bond donors (Lipinski definition) is 1. The van der Waals surface area contributed by atoms with Crippen LogP contribution in [0.25, 0.3) is 0 Å². The first-order chi connectivity index (χ1) is 16.4. The van der Waals surface area contributed by atoms with E-state index >= 15 is 0 Å². The highest BCUT2D eigenvalue weighted by Gasteiger charge is 2.39. The molecule has 3 aliphatic rings. The summed E-state index contributed by atoms with van der Waals surface area (Å²) in [5.41, 5.74) is 0.764. The highest BCUT2D eigenvalue weighted by atomic mass is 19.4. The van der Waals surface area contributed by atoms with Crippen molar-refractivity contribution >= 4 is 0 Å². The minimum absolute atomic E-state index is 0.186. The maximum absolute atomic E-state index is 13.4. The van der Waals surface area contributed by atoms with Gasteiger partial charge in [0, 0.05) is 25.0 Å². The molecule has 3 atom stereocenters. The minimum atomic E-state index is -4.38. The fraction of sp³-hybridized carbons (Fsp3) is 0.793. The van der Waals surface area contributed by atoms with Gasteiger partial charge in [0.25, 0.3) is 0 Å². The maximum atomic E-state index is 13.4. The maximum Gasteiger partial charge on any atom is 0.416 e. The average molecular weight is 480 g/mol. The van der Waals surface area contributed by atoms with Gasteiger partial charge in [-0.25, -0.2) is 0 Å². The van der Waals surface area contributed by atoms with Crippen molar-refractivity contribution in [3.8, 4) is 0 Å². The monoisotopic (exact) mass is 479 g/mol. The highest BCUT2D eigenvalue weighted by Crippen LogP contribution is 2.44. The molecule has 0 saturated heterocycles. The third kappa shape index (κ3) is 6.37. The third-order valence-corrected chi connectivity index (χ3v) is 9.09. The smallest absolute Gasteiger partial charge is 0.392 e. The molecule has 0 amide bonds. The topological polar surface area (TPSA) is 23.5 Å². The zero-order chi connectivity index (χ0) is 24.1. The van der Waals surface area contributed by atoms with Crippen LogP contribution in [0.1, 0.15) is 113 Å². The summed E-state index contributed by atoms with van der Waals surface area (Å²) in [5, 5.41) is 10.1. The van der Waals surface area contributed by atoms with Crippen molar-refractivity contribution in [1.82, 2.24) is 4.90 Å². The van der Waals surface area contributed by atoms with Crippen LogP contribution in [0.2, 0.25) is 0 Å². The summed E-state index contributed by atoms with van der Waals surface area (Å²) in [4.78, 5) is 2.78. The number of benzene rings is 1. The summed E-state index contributed by atoms with van der Waals surface area (Å²) >= 11 is 0. The molecule has 34 heavy (non-hydrogen) atoms. The predicted molar refractivity (Wildman–Crippen MR) is 132 cm³/mol. The van der Waals surface area contributed by atoms with Gasteiger partial charge in [-0.05, 0) is 73.1 Å². The second kappa shape index (κ2) is 11.8. The zero-order valence-corrected chi connectivity index (χ0v) is 21.0. The average Bonchev–Trinajstić information content (AvgIpc) is 2.84. The Bertz CT molecular complexity index is 747. The Morgan fingerprint density at radius 3 is 1.94 bits per heavy atom. The number of rotatable bonds is 7. The number of halogens is 3. The molecule has 3 aliphatic carbocycles. The number of alkyl halides is 3. The molecule has 0 aliphatic heterocycles. The van der Waals surface area contributed by atoms with Gasteiger partial charge in [0.2, 0.25) is 0 Å². The SMILES string of the molecule is C[C@H]1CCC[C@@H](N(CC2CCCCC2)CC2CCCCC2)[C@@H]1c1ccc(C(F)(F)F)cc1CO. The molecule has 1 aromatic carbocycles. The lowest BCUT2D eigenvalue weighted by Gasteiger charge is -2.47. The van der Waals surface area contributed by atoms with Gasteiger partial charge in [-0.15, -0.1) is 0 Å². The van der Waals surface area contributed by atoms with E-state index in [1.165, 1.54) is 82.8 Å². The van der Waals surface area contributed by atoms with E-state index in [-0.39, 0.29) is 12.5 Å². The lowest BCUT2D eigenvalue weighted by atomic mass is 9.70. The highest BCUT2D eigenvalue weighted by molar-refractivity contribution is 5.37. The molecule has 0 bridgehead atoms. The Morgan fingerprint density at radius 2 is 1.41 bits per heavy atom. The molecule has 0 heterocycles. The predicted octanol–water partition coefficient (Wildman–Crippen LogP) is 7.93. The van der Waals surface area contributed by atoms with Crippen molar-refractivity contribution in [3.05, 3.63) is 34.9 Å². The molecule has 0 radical (unpaired) electrons. The Balaban J connectivity index is 1.64. The third-order valence-electron chi connectivity index (χ3n) is 9.09. The van der Waals surface area contributed by atoms with Gasteiger partial charge in [0.1, 0.15) is 0 Å². The van der Waals surface area contributed by atoms with Crippen molar-refractivity contribution < 1.29 is 18.3 Å². The Kier molecular flexibility index (Phi) is 9.01. The second-order valence-electron chi connectivity index (χ2n) is 11.5. The molecule has 1 aromatic rings. The first-order valence-electron chi connectivity index (χ1n) is 13.9.